The number of halogens is 1. The van der Waals surface area contributed by atoms with E-state index >= 15 is 0 Å². The van der Waals surface area contributed by atoms with Crippen molar-refractivity contribution in [2.24, 2.45) is 0 Å². The minimum Gasteiger partial charge on any atom is -0.494 e. The highest BCUT2D eigenvalue weighted by molar-refractivity contribution is 5.95. The van der Waals surface area contributed by atoms with Crippen LogP contribution in [0.15, 0.2) is 18.2 Å². The van der Waals surface area contributed by atoms with Crippen molar-refractivity contribution in [3.63, 3.8) is 0 Å². The second-order valence-electron chi connectivity index (χ2n) is 5.63. The Morgan fingerprint density at radius 1 is 1.50 bits per heavy atom. The highest BCUT2D eigenvalue weighted by atomic mass is 19.1. The number of ether oxygens (including phenoxy) is 1. The van der Waals surface area contributed by atoms with Crippen LogP contribution in [0.3, 0.4) is 0 Å². The molecule has 20 heavy (non-hydrogen) atoms. The molecule has 1 aliphatic heterocycles. The van der Waals surface area contributed by atoms with Crippen molar-refractivity contribution in [3.05, 3.63) is 29.6 Å². The van der Waals surface area contributed by atoms with Crippen LogP contribution in [-0.2, 0) is 0 Å². The van der Waals surface area contributed by atoms with Gasteiger partial charge in [0.25, 0.3) is 5.91 Å². The molecule has 1 saturated heterocycles. The summed E-state index contributed by atoms with van der Waals surface area (Å²) in [6, 6.07) is 4.22. The maximum absolute atomic E-state index is 14.2. The van der Waals surface area contributed by atoms with Gasteiger partial charge in [-0.1, -0.05) is 6.07 Å². The average molecular weight is 281 g/mol. The number of aliphatic hydroxyl groups is 1. The van der Waals surface area contributed by atoms with Gasteiger partial charge in [-0.3, -0.25) is 4.79 Å². The molecular weight excluding hydrogens is 261 g/mol. The van der Waals surface area contributed by atoms with Gasteiger partial charge >= 0.3 is 0 Å². The molecular formula is C15H20FNO3. The first-order valence-corrected chi connectivity index (χ1v) is 6.72. The first-order chi connectivity index (χ1) is 9.36. The zero-order valence-corrected chi connectivity index (χ0v) is 12.0. The lowest BCUT2D eigenvalue weighted by Crippen LogP contribution is -2.48. The van der Waals surface area contributed by atoms with E-state index in [1.165, 1.54) is 19.2 Å². The van der Waals surface area contributed by atoms with Gasteiger partial charge in [0.2, 0.25) is 0 Å². The Labute approximate surface area is 118 Å². The van der Waals surface area contributed by atoms with E-state index in [9.17, 15) is 14.3 Å². The Balaban J connectivity index is 2.32. The normalized spacial score (nSPS) is 19.2. The summed E-state index contributed by atoms with van der Waals surface area (Å²) in [6.45, 7) is 3.88. The van der Waals surface area contributed by atoms with Crippen LogP contribution in [0.5, 0.6) is 5.75 Å². The third-order valence-corrected chi connectivity index (χ3v) is 3.74. The molecule has 5 heteroatoms. The highest BCUT2D eigenvalue weighted by Crippen LogP contribution is 2.30. The minimum absolute atomic E-state index is 0.0134. The van der Waals surface area contributed by atoms with E-state index in [-0.39, 0.29) is 17.4 Å². The van der Waals surface area contributed by atoms with Gasteiger partial charge < -0.3 is 14.7 Å². The number of carbonyl (C=O) groups excluding carboxylic acids is 1. The summed E-state index contributed by atoms with van der Waals surface area (Å²) < 4.78 is 19.1. The lowest BCUT2D eigenvalue weighted by atomic mass is 9.96. The molecule has 0 aromatic heterocycles. The predicted molar refractivity (Wildman–Crippen MR) is 73.3 cm³/mol. The number of benzene rings is 1. The summed E-state index contributed by atoms with van der Waals surface area (Å²) in [6.07, 6.45) is 1.53. The number of methoxy groups -OCH3 is 1. The molecule has 2 rings (SSSR count). The Kier molecular flexibility index (Phi) is 3.99. The molecule has 1 aliphatic rings. The van der Waals surface area contributed by atoms with E-state index in [4.69, 9.17) is 4.74 Å². The van der Waals surface area contributed by atoms with Gasteiger partial charge in [0, 0.05) is 6.54 Å². The lowest BCUT2D eigenvalue weighted by molar-refractivity contribution is 0.000142. The number of rotatable bonds is 3. The average Bonchev–Trinajstić information content (AvgIpc) is 2.87. The van der Waals surface area contributed by atoms with Gasteiger partial charge in [-0.15, -0.1) is 0 Å². The molecule has 0 spiro atoms. The number of hydrogen-bond acceptors (Lipinski definition) is 3. The third-order valence-electron chi connectivity index (χ3n) is 3.74. The molecule has 1 amide bonds. The zero-order valence-electron chi connectivity index (χ0n) is 12.0. The molecule has 1 aromatic rings. The Morgan fingerprint density at radius 2 is 2.20 bits per heavy atom. The fraction of sp³-hybridized carbons (Fsp3) is 0.533. The molecule has 0 aliphatic carbocycles. The third kappa shape index (κ3) is 2.63. The van der Waals surface area contributed by atoms with Crippen LogP contribution >= 0.6 is 0 Å². The smallest absolute Gasteiger partial charge is 0.257 e. The Hall–Kier alpha value is -1.62. The van der Waals surface area contributed by atoms with E-state index in [0.717, 1.165) is 12.8 Å². The maximum Gasteiger partial charge on any atom is 0.257 e. The molecule has 1 atom stereocenters. The fourth-order valence-electron chi connectivity index (χ4n) is 2.73. The summed E-state index contributed by atoms with van der Waals surface area (Å²) in [5, 5.41) is 10.1. The lowest BCUT2D eigenvalue weighted by Gasteiger charge is -2.34. The van der Waals surface area contributed by atoms with Crippen LogP contribution in [0.2, 0.25) is 0 Å². The minimum atomic E-state index is -0.999. The second kappa shape index (κ2) is 5.40. The summed E-state index contributed by atoms with van der Waals surface area (Å²) in [7, 11) is 1.36. The van der Waals surface area contributed by atoms with Crippen molar-refractivity contribution in [3.8, 4) is 5.75 Å². The summed E-state index contributed by atoms with van der Waals surface area (Å²) in [5.74, 6) is -0.998. The van der Waals surface area contributed by atoms with Crippen molar-refractivity contribution in [1.82, 2.24) is 4.90 Å². The SMILES string of the molecule is COc1cccc(C(=O)N2CCCC2C(C)(C)O)c1F. The Morgan fingerprint density at radius 3 is 2.80 bits per heavy atom. The molecule has 0 saturated carbocycles. The van der Waals surface area contributed by atoms with Crippen molar-refractivity contribution >= 4 is 5.91 Å². The largest absolute Gasteiger partial charge is 0.494 e. The van der Waals surface area contributed by atoms with Crippen LogP contribution in [0.4, 0.5) is 4.39 Å². The molecule has 110 valence electrons. The molecule has 1 aromatic carbocycles. The molecule has 1 heterocycles. The van der Waals surface area contributed by atoms with E-state index in [1.807, 2.05) is 0 Å². The summed E-state index contributed by atoms with van der Waals surface area (Å²) in [4.78, 5) is 14.1. The van der Waals surface area contributed by atoms with E-state index < -0.39 is 17.3 Å². The predicted octanol–water partition coefficient (Wildman–Crippen LogP) is 2.21. The molecule has 1 fully saturated rings. The fourth-order valence-corrected chi connectivity index (χ4v) is 2.73. The van der Waals surface area contributed by atoms with Gasteiger partial charge in [0.15, 0.2) is 11.6 Å². The van der Waals surface area contributed by atoms with Gasteiger partial charge in [-0.05, 0) is 38.8 Å². The molecule has 0 bridgehead atoms. The highest BCUT2D eigenvalue weighted by Gasteiger charge is 2.39. The van der Waals surface area contributed by atoms with Crippen molar-refractivity contribution in [1.29, 1.82) is 0 Å². The number of carbonyl (C=O) groups is 1. The first-order valence-electron chi connectivity index (χ1n) is 6.72. The molecule has 4 nitrogen and oxygen atoms in total. The topological polar surface area (TPSA) is 49.8 Å². The van der Waals surface area contributed by atoms with Gasteiger partial charge in [0.1, 0.15) is 0 Å². The van der Waals surface area contributed by atoms with Gasteiger partial charge in [0.05, 0.1) is 24.3 Å². The van der Waals surface area contributed by atoms with Crippen LogP contribution in [0.1, 0.15) is 37.0 Å². The molecule has 0 radical (unpaired) electrons. The molecule has 1 unspecified atom stereocenters. The number of likely N-dealkylation sites (tertiary alicyclic amines) is 1. The Bertz CT molecular complexity index is 510. The van der Waals surface area contributed by atoms with E-state index in [0.29, 0.717) is 6.54 Å². The standard InChI is InChI=1S/C15H20FNO3/c1-15(2,19)12-8-5-9-17(12)14(18)10-6-4-7-11(20-3)13(10)16/h4,6-7,12,19H,5,8-9H2,1-3H3. The number of nitrogens with zero attached hydrogens (tertiary/aromatic N) is 1. The van der Waals surface area contributed by atoms with Crippen molar-refractivity contribution in [2.45, 2.75) is 38.3 Å². The van der Waals surface area contributed by atoms with Crippen LogP contribution in [0.25, 0.3) is 0 Å². The number of amides is 1. The van der Waals surface area contributed by atoms with Crippen LogP contribution in [-0.4, -0.2) is 41.2 Å². The maximum atomic E-state index is 14.2. The number of hydrogen-bond donors (Lipinski definition) is 1. The van der Waals surface area contributed by atoms with Gasteiger partial charge in [-0.25, -0.2) is 4.39 Å². The summed E-state index contributed by atoms with van der Waals surface area (Å²) in [5.41, 5.74) is -1.01. The zero-order chi connectivity index (χ0) is 14.9. The van der Waals surface area contributed by atoms with Crippen LogP contribution < -0.4 is 4.74 Å². The monoisotopic (exact) mass is 281 g/mol. The summed E-state index contributed by atoms with van der Waals surface area (Å²) >= 11 is 0. The van der Waals surface area contributed by atoms with Crippen molar-refractivity contribution < 1.29 is 19.0 Å². The van der Waals surface area contributed by atoms with Crippen molar-refractivity contribution in [2.75, 3.05) is 13.7 Å². The van der Waals surface area contributed by atoms with E-state index in [1.54, 1.807) is 24.8 Å². The quantitative estimate of drug-likeness (QED) is 0.924. The van der Waals surface area contributed by atoms with Gasteiger partial charge in [-0.2, -0.15) is 0 Å². The van der Waals surface area contributed by atoms with E-state index in [2.05, 4.69) is 0 Å². The van der Waals surface area contributed by atoms with Crippen LogP contribution in [0, 0.1) is 5.82 Å². The first kappa shape index (κ1) is 14.8. The second-order valence-corrected chi connectivity index (χ2v) is 5.63. The molecule has 1 N–H and O–H groups in total.